The van der Waals surface area contributed by atoms with Gasteiger partial charge in [0.1, 0.15) is 5.82 Å². The van der Waals surface area contributed by atoms with Crippen LogP contribution in [0.15, 0.2) is 18.3 Å². The minimum Gasteiger partial charge on any atom is -0.397 e. The van der Waals surface area contributed by atoms with Crippen LogP contribution in [-0.2, 0) is 4.79 Å². The van der Waals surface area contributed by atoms with Crippen LogP contribution in [0.3, 0.4) is 0 Å². The van der Waals surface area contributed by atoms with Crippen LogP contribution in [0.1, 0.15) is 44.9 Å². The van der Waals surface area contributed by atoms with Gasteiger partial charge in [-0.2, -0.15) is 0 Å². The Hall–Kier alpha value is -1.58. The zero-order valence-corrected chi connectivity index (χ0v) is 11.6. The maximum absolute atomic E-state index is 12.1. The molecule has 0 spiro atoms. The van der Waals surface area contributed by atoms with Gasteiger partial charge in [-0.15, -0.1) is 0 Å². The van der Waals surface area contributed by atoms with E-state index in [9.17, 15) is 4.79 Å². The van der Waals surface area contributed by atoms with E-state index in [4.69, 9.17) is 5.73 Å². The van der Waals surface area contributed by atoms with Crippen LogP contribution in [-0.4, -0.2) is 17.9 Å². The second-order valence-corrected chi connectivity index (χ2v) is 5.45. The monoisotopic (exact) mass is 261 g/mol. The van der Waals surface area contributed by atoms with E-state index in [1.165, 1.54) is 32.1 Å². The lowest BCUT2D eigenvalue weighted by Crippen LogP contribution is -2.26. The lowest BCUT2D eigenvalue weighted by Gasteiger charge is -2.16. The van der Waals surface area contributed by atoms with Crippen molar-refractivity contribution in [2.75, 3.05) is 17.7 Å². The summed E-state index contributed by atoms with van der Waals surface area (Å²) in [6, 6.07) is 3.55. The molecule has 4 nitrogen and oxygen atoms in total. The number of nitrogens with zero attached hydrogens (tertiary/aromatic N) is 2. The van der Waals surface area contributed by atoms with E-state index < -0.39 is 0 Å². The highest BCUT2D eigenvalue weighted by Crippen LogP contribution is 2.29. The number of hydrogen-bond donors (Lipinski definition) is 1. The molecule has 0 radical (unpaired) electrons. The minimum atomic E-state index is 0.135. The van der Waals surface area contributed by atoms with Crippen molar-refractivity contribution in [2.45, 2.75) is 44.9 Å². The summed E-state index contributed by atoms with van der Waals surface area (Å²) in [6.07, 6.45) is 9.81. The molecule has 2 rings (SSSR count). The summed E-state index contributed by atoms with van der Waals surface area (Å²) in [5.74, 6) is 1.66. The van der Waals surface area contributed by atoms with Gasteiger partial charge in [-0.3, -0.25) is 9.69 Å². The highest BCUT2D eigenvalue weighted by atomic mass is 16.2. The fourth-order valence-corrected chi connectivity index (χ4v) is 2.73. The maximum Gasteiger partial charge on any atom is 0.227 e. The van der Waals surface area contributed by atoms with Crippen molar-refractivity contribution in [2.24, 2.45) is 5.92 Å². The van der Waals surface area contributed by atoms with Gasteiger partial charge in [0.05, 0.1) is 11.9 Å². The molecule has 0 aliphatic heterocycles. The third-order valence-electron chi connectivity index (χ3n) is 3.97. The van der Waals surface area contributed by atoms with Crippen LogP contribution in [0.4, 0.5) is 11.5 Å². The molecule has 104 valence electrons. The summed E-state index contributed by atoms with van der Waals surface area (Å²) in [4.78, 5) is 17.8. The van der Waals surface area contributed by atoms with Crippen molar-refractivity contribution < 1.29 is 4.79 Å². The Morgan fingerprint density at radius 1 is 1.42 bits per heavy atom. The van der Waals surface area contributed by atoms with Crippen molar-refractivity contribution in [1.29, 1.82) is 0 Å². The van der Waals surface area contributed by atoms with Gasteiger partial charge in [0.15, 0.2) is 0 Å². The Labute approximate surface area is 115 Å². The van der Waals surface area contributed by atoms with Crippen LogP contribution < -0.4 is 10.6 Å². The third-order valence-corrected chi connectivity index (χ3v) is 3.97. The third kappa shape index (κ3) is 3.94. The van der Waals surface area contributed by atoms with Gasteiger partial charge in [-0.05, 0) is 30.9 Å². The Bertz CT molecular complexity index is 410. The summed E-state index contributed by atoms with van der Waals surface area (Å²) >= 11 is 0. The van der Waals surface area contributed by atoms with Crippen molar-refractivity contribution >= 4 is 17.4 Å². The summed E-state index contributed by atoms with van der Waals surface area (Å²) in [5.41, 5.74) is 6.20. The Morgan fingerprint density at radius 3 is 2.79 bits per heavy atom. The number of carbonyl (C=O) groups excluding carboxylic acids is 1. The predicted octanol–water partition coefficient (Wildman–Crippen LogP) is 2.99. The second kappa shape index (κ2) is 6.55. The molecule has 0 saturated heterocycles. The number of carbonyl (C=O) groups is 1. The first-order valence-electron chi connectivity index (χ1n) is 7.15. The highest BCUT2D eigenvalue weighted by molar-refractivity contribution is 5.91. The second-order valence-electron chi connectivity index (χ2n) is 5.45. The number of nitrogens with two attached hydrogens (primary N) is 1. The van der Waals surface area contributed by atoms with Gasteiger partial charge in [-0.1, -0.05) is 25.7 Å². The van der Waals surface area contributed by atoms with E-state index >= 15 is 0 Å². The van der Waals surface area contributed by atoms with E-state index in [1.54, 1.807) is 30.3 Å². The lowest BCUT2D eigenvalue weighted by atomic mass is 10.0. The topological polar surface area (TPSA) is 59.2 Å². The molecule has 1 aliphatic rings. The molecular formula is C15H23N3O. The standard InChI is InChI=1S/C15H23N3O/c1-18(14-10-9-13(16)11-17-14)15(19)8-4-7-12-5-2-3-6-12/h9-12H,2-8,16H2,1H3. The molecule has 0 aromatic carbocycles. The Balaban J connectivity index is 1.77. The predicted molar refractivity (Wildman–Crippen MR) is 77.9 cm³/mol. The maximum atomic E-state index is 12.1. The van der Waals surface area contributed by atoms with Crippen LogP contribution >= 0.6 is 0 Å². The SMILES string of the molecule is CN(C(=O)CCCC1CCCC1)c1ccc(N)cn1. The molecule has 1 heterocycles. The summed E-state index contributed by atoms with van der Waals surface area (Å²) in [6.45, 7) is 0. The number of amides is 1. The van der Waals surface area contributed by atoms with Gasteiger partial charge in [0.2, 0.25) is 5.91 Å². The molecule has 1 aromatic heterocycles. The number of anilines is 2. The van der Waals surface area contributed by atoms with Gasteiger partial charge in [0.25, 0.3) is 0 Å². The number of hydrogen-bond acceptors (Lipinski definition) is 3. The molecule has 1 aromatic rings. The highest BCUT2D eigenvalue weighted by Gasteiger charge is 2.16. The molecule has 1 fully saturated rings. The van der Waals surface area contributed by atoms with Gasteiger partial charge in [0, 0.05) is 13.5 Å². The fraction of sp³-hybridized carbons (Fsp3) is 0.600. The van der Waals surface area contributed by atoms with E-state index in [0.29, 0.717) is 17.9 Å². The zero-order valence-electron chi connectivity index (χ0n) is 11.6. The van der Waals surface area contributed by atoms with Crippen molar-refractivity contribution in [3.8, 4) is 0 Å². The fourth-order valence-electron chi connectivity index (χ4n) is 2.73. The van der Waals surface area contributed by atoms with Crippen molar-refractivity contribution in [1.82, 2.24) is 4.98 Å². The average Bonchev–Trinajstić information content (AvgIpc) is 2.92. The summed E-state index contributed by atoms with van der Waals surface area (Å²) in [7, 11) is 1.77. The largest absolute Gasteiger partial charge is 0.397 e. The first-order chi connectivity index (χ1) is 9.16. The van der Waals surface area contributed by atoms with E-state index in [1.807, 2.05) is 0 Å². The molecule has 1 aliphatic carbocycles. The van der Waals surface area contributed by atoms with Crippen LogP contribution in [0.25, 0.3) is 0 Å². The van der Waals surface area contributed by atoms with Crippen molar-refractivity contribution in [3.05, 3.63) is 18.3 Å². The first-order valence-corrected chi connectivity index (χ1v) is 7.15. The molecule has 2 N–H and O–H groups in total. The molecule has 0 unspecified atom stereocenters. The van der Waals surface area contributed by atoms with Crippen molar-refractivity contribution in [3.63, 3.8) is 0 Å². The van der Waals surface area contributed by atoms with Crippen LogP contribution in [0.2, 0.25) is 0 Å². The van der Waals surface area contributed by atoms with Gasteiger partial charge >= 0.3 is 0 Å². The van der Waals surface area contributed by atoms with Gasteiger partial charge in [-0.25, -0.2) is 4.98 Å². The molecule has 0 bridgehead atoms. The zero-order chi connectivity index (χ0) is 13.7. The number of rotatable bonds is 5. The molecule has 19 heavy (non-hydrogen) atoms. The smallest absolute Gasteiger partial charge is 0.227 e. The summed E-state index contributed by atoms with van der Waals surface area (Å²) < 4.78 is 0. The van der Waals surface area contributed by atoms with E-state index in [-0.39, 0.29) is 5.91 Å². The van der Waals surface area contributed by atoms with E-state index in [2.05, 4.69) is 4.98 Å². The quantitative estimate of drug-likeness (QED) is 0.886. The number of aromatic nitrogens is 1. The Kier molecular flexibility index (Phi) is 4.77. The number of nitrogen functional groups attached to an aromatic ring is 1. The Morgan fingerprint density at radius 2 is 2.16 bits per heavy atom. The first kappa shape index (κ1) is 13.8. The lowest BCUT2D eigenvalue weighted by molar-refractivity contribution is -0.118. The minimum absolute atomic E-state index is 0.135. The molecule has 0 atom stereocenters. The van der Waals surface area contributed by atoms with Crippen LogP contribution in [0.5, 0.6) is 0 Å². The summed E-state index contributed by atoms with van der Waals surface area (Å²) in [5, 5.41) is 0. The molecule has 1 amide bonds. The molecular weight excluding hydrogens is 238 g/mol. The normalized spacial score (nSPS) is 15.6. The number of pyridine rings is 1. The average molecular weight is 261 g/mol. The van der Waals surface area contributed by atoms with E-state index in [0.717, 1.165) is 12.3 Å². The van der Waals surface area contributed by atoms with Crippen LogP contribution in [0, 0.1) is 5.92 Å². The van der Waals surface area contributed by atoms with Gasteiger partial charge < -0.3 is 5.73 Å². The molecule has 1 saturated carbocycles. The molecule has 4 heteroatoms.